The maximum Gasteiger partial charge on any atom is 0.307 e. The quantitative estimate of drug-likeness (QED) is 0.854. The molecule has 7 heteroatoms. The molecule has 0 spiro atoms. The van der Waals surface area contributed by atoms with E-state index in [1.807, 2.05) is 0 Å². The van der Waals surface area contributed by atoms with Crippen LogP contribution in [-0.2, 0) is 9.53 Å². The highest BCUT2D eigenvalue weighted by molar-refractivity contribution is 6.31. The molecule has 114 valence electrons. The number of methoxy groups -OCH3 is 1. The highest BCUT2D eigenvalue weighted by atomic mass is 35.5. The van der Waals surface area contributed by atoms with Crippen molar-refractivity contribution in [3.05, 3.63) is 59.1 Å². The number of carbonyl (C=O) groups is 2. The molecule has 0 radical (unpaired) electrons. The van der Waals surface area contributed by atoms with Gasteiger partial charge < -0.3 is 10.1 Å². The lowest BCUT2D eigenvalue weighted by Gasteiger charge is -2.19. The maximum atomic E-state index is 12.2. The van der Waals surface area contributed by atoms with Gasteiger partial charge in [0.1, 0.15) is 5.69 Å². The molecule has 1 amide bonds. The molecule has 1 N–H and O–H groups in total. The minimum absolute atomic E-state index is 0.0355. The van der Waals surface area contributed by atoms with Crippen LogP contribution in [0.25, 0.3) is 0 Å². The summed E-state index contributed by atoms with van der Waals surface area (Å²) in [6.45, 7) is 0. The predicted molar refractivity (Wildman–Crippen MR) is 80.3 cm³/mol. The van der Waals surface area contributed by atoms with E-state index in [1.54, 1.807) is 24.3 Å². The highest BCUT2D eigenvalue weighted by Gasteiger charge is 2.22. The van der Waals surface area contributed by atoms with Crippen LogP contribution in [0.1, 0.15) is 28.5 Å². The van der Waals surface area contributed by atoms with Crippen LogP contribution in [0.4, 0.5) is 0 Å². The van der Waals surface area contributed by atoms with Crippen molar-refractivity contribution in [2.45, 2.75) is 12.5 Å². The second kappa shape index (κ2) is 7.51. The number of halogens is 1. The van der Waals surface area contributed by atoms with Crippen LogP contribution in [0, 0.1) is 0 Å². The molecule has 0 saturated carbocycles. The largest absolute Gasteiger partial charge is 0.469 e. The number of nitrogens with one attached hydrogen (secondary N) is 1. The number of hydrogen-bond donors (Lipinski definition) is 1. The number of benzene rings is 1. The molecule has 1 aromatic heterocycles. The molecule has 1 heterocycles. The van der Waals surface area contributed by atoms with Gasteiger partial charge >= 0.3 is 5.97 Å². The molecule has 6 nitrogen and oxygen atoms in total. The zero-order chi connectivity index (χ0) is 15.9. The van der Waals surface area contributed by atoms with Gasteiger partial charge in [-0.05, 0) is 11.6 Å². The van der Waals surface area contributed by atoms with Crippen molar-refractivity contribution in [2.75, 3.05) is 7.11 Å². The topological polar surface area (TPSA) is 81.2 Å². The third-order valence-corrected chi connectivity index (χ3v) is 3.32. The van der Waals surface area contributed by atoms with E-state index in [0.717, 1.165) is 0 Å². The standard InChI is InChI=1S/C15H14ClN3O3/c1-22-14(20)8-12(10-4-2-3-5-11(10)16)19-15(21)13-9-17-6-7-18-13/h2-7,9,12H,8H2,1H3,(H,19,21)/t12-/m0/s1. The van der Waals surface area contributed by atoms with E-state index in [4.69, 9.17) is 11.6 Å². The molecule has 0 aliphatic heterocycles. The first kappa shape index (κ1) is 15.9. The molecule has 0 unspecified atom stereocenters. The number of rotatable bonds is 5. The van der Waals surface area contributed by atoms with Gasteiger partial charge in [-0.2, -0.15) is 0 Å². The zero-order valence-corrected chi connectivity index (χ0v) is 12.6. The van der Waals surface area contributed by atoms with Crippen molar-refractivity contribution in [1.82, 2.24) is 15.3 Å². The molecule has 22 heavy (non-hydrogen) atoms. The number of hydrogen-bond acceptors (Lipinski definition) is 5. The lowest BCUT2D eigenvalue weighted by atomic mass is 10.0. The Bertz CT molecular complexity index is 664. The molecule has 2 aromatic rings. The number of esters is 1. The van der Waals surface area contributed by atoms with Gasteiger partial charge in [0.15, 0.2) is 0 Å². The predicted octanol–water partition coefficient (Wildman–Crippen LogP) is 2.16. The summed E-state index contributed by atoms with van der Waals surface area (Å²) in [5.41, 5.74) is 0.788. The molecule has 2 rings (SSSR count). The second-order valence-electron chi connectivity index (χ2n) is 4.42. The Balaban J connectivity index is 2.23. The molecular formula is C15H14ClN3O3. The summed E-state index contributed by atoms with van der Waals surface area (Å²) in [4.78, 5) is 31.5. The van der Waals surface area contributed by atoms with Gasteiger partial charge in [0.05, 0.1) is 25.8 Å². The van der Waals surface area contributed by atoms with E-state index >= 15 is 0 Å². The Labute approximate surface area is 132 Å². The fraction of sp³-hybridized carbons (Fsp3) is 0.200. The summed E-state index contributed by atoms with van der Waals surface area (Å²) < 4.78 is 4.67. The van der Waals surface area contributed by atoms with E-state index in [2.05, 4.69) is 20.0 Å². The van der Waals surface area contributed by atoms with Crippen LogP contribution in [-0.4, -0.2) is 29.0 Å². The van der Waals surface area contributed by atoms with E-state index in [-0.39, 0.29) is 12.1 Å². The SMILES string of the molecule is COC(=O)C[C@H](NC(=O)c1cnccn1)c1ccccc1Cl. The van der Waals surface area contributed by atoms with Gasteiger partial charge in [0.2, 0.25) is 0 Å². The first-order chi connectivity index (χ1) is 10.6. The zero-order valence-electron chi connectivity index (χ0n) is 11.8. The van der Waals surface area contributed by atoms with Crippen molar-refractivity contribution < 1.29 is 14.3 Å². The summed E-state index contributed by atoms with van der Waals surface area (Å²) in [6.07, 6.45) is 4.19. The van der Waals surface area contributed by atoms with Gasteiger partial charge in [-0.25, -0.2) is 4.98 Å². The average molecular weight is 320 g/mol. The van der Waals surface area contributed by atoms with Crippen LogP contribution in [0.2, 0.25) is 5.02 Å². The lowest BCUT2D eigenvalue weighted by molar-refractivity contribution is -0.141. The van der Waals surface area contributed by atoms with Crippen LogP contribution in [0.15, 0.2) is 42.9 Å². The normalized spacial score (nSPS) is 11.5. The highest BCUT2D eigenvalue weighted by Crippen LogP contribution is 2.25. The van der Waals surface area contributed by atoms with E-state index in [0.29, 0.717) is 10.6 Å². The number of amides is 1. The summed E-state index contributed by atoms with van der Waals surface area (Å²) in [5, 5.41) is 3.18. The van der Waals surface area contributed by atoms with Gasteiger partial charge in [-0.15, -0.1) is 0 Å². The van der Waals surface area contributed by atoms with Crippen LogP contribution >= 0.6 is 11.6 Å². The van der Waals surface area contributed by atoms with Crippen molar-refractivity contribution in [2.24, 2.45) is 0 Å². The summed E-state index contributed by atoms with van der Waals surface area (Å²) in [6, 6.07) is 6.37. The van der Waals surface area contributed by atoms with Crippen molar-refractivity contribution >= 4 is 23.5 Å². The monoisotopic (exact) mass is 319 g/mol. The van der Waals surface area contributed by atoms with Gasteiger partial charge in [-0.1, -0.05) is 29.8 Å². The first-order valence-electron chi connectivity index (χ1n) is 6.50. The molecule has 0 aliphatic rings. The van der Waals surface area contributed by atoms with E-state index < -0.39 is 17.9 Å². The van der Waals surface area contributed by atoms with E-state index in [9.17, 15) is 9.59 Å². The number of ether oxygens (including phenoxy) is 1. The van der Waals surface area contributed by atoms with Crippen LogP contribution in [0.3, 0.4) is 0 Å². The van der Waals surface area contributed by atoms with Gasteiger partial charge in [-0.3, -0.25) is 14.6 Å². The van der Waals surface area contributed by atoms with Crippen molar-refractivity contribution in [1.29, 1.82) is 0 Å². The fourth-order valence-corrected chi connectivity index (χ4v) is 2.16. The third kappa shape index (κ3) is 4.02. The summed E-state index contributed by atoms with van der Waals surface area (Å²) in [5.74, 6) is -0.897. The van der Waals surface area contributed by atoms with Gasteiger partial charge in [0, 0.05) is 17.4 Å². The Morgan fingerprint density at radius 2 is 2.09 bits per heavy atom. The molecule has 0 saturated heterocycles. The minimum atomic E-state index is -0.615. The molecule has 0 fully saturated rings. The smallest absolute Gasteiger partial charge is 0.307 e. The Morgan fingerprint density at radius 3 is 2.73 bits per heavy atom. The number of nitrogens with zero attached hydrogens (tertiary/aromatic N) is 2. The van der Waals surface area contributed by atoms with Crippen molar-refractivity contribution in [3.8, 4) is 0 Å². The summed E-state index contributed by atoms with van der Waals surface area (Å²) in [7, 11) is 1.29. The van der Waals surface area contributed by atoms with Gasteiger partial charge in [0.25, 0.3) is 5.91 Å². The molecule has 1 aromatic carbocycles. The second-order valence-corrected chi connectivity index (χ2v) is 4.83. The summed E-state index contributed by atoms with van der Waals surface area (Å²) >= 11 is 6.14. The fourth-order valence-electron chi connectivity index (χ4n) is 1.89. The lowest BCUT2D eigenvalue weighted by Crippen LogP contribution is -2.31. The van der Waals surface area contributed by atoms with Crippen LogP contribution in [0.5, 0.6) is 0 Å². The van der Waals surface area contributed by atoms with E-state index in [1.165, 1.54) is 25.7 Å². The Hall–Kier alpha value is -2.47. The first-order valence-corrected chi connectivity index (χ1v) is 6.87. The number of aromatic nitrogens is 2. The third-order valence-electron chi connectivity index (χ3n) is 2.98. The maximum absolute atomic E-state index is 12.2. The molecular weight excluding hydrogens is 306 g/mol. The van der Waals surface area contributed by atoms with Crippen LogP contribution < -0.4 is 5.32 Å². The van der Waals surface area contributed by atoms with Crippen molar-refractivity contribution in [3.63, 3.8) is 0 Å². The molecule has 0 aliphatic carbocycles. The Morgan fingerprint density at radius 1 is 1.32 bits per heavy atom. The molecule has 0 bridgehead atoms. The average Bonchev–Trinajstić information content (AvgIpc) is 2.55. The minimum Gasteiger partial charge on any atom is -0.469 e. The number of carbonyl (C=O) groups excluding carboxylic acids is 2. The molecule has 1 atom stereocenters. The Kier molecular flexibility index (Phi) is 5.43.